The van der Waals surface area contributed by atoms with Crippen molar-refractivity contribution in [1.29, 1.82) is 0 Å². The number of unbranched alkanes of at least 4 members (excludes halogenated alkanes) is 1. The highest BCUT2D eigenvalue weighted by Gasteiger charge is 2.00. The van der Waals surface area contributed by atoms with Gasteiger partial charge in [0.05, 0.1) is 0 Å². The van der Waals surface area contributed by atoms with E-state index in [1.54, 1.807) is 0 Å². The van der Waals surface area contributed by atoms with Crippen LogP contribution in [0.15, 0.2) is 48.6 Å². The monoisotopic (exact) mass is 250 g/mol. The van der Waals surface area contributed by atoms with Gasteiger partial charge in [-0.3, -0.25) is 0 Å². The minimum Gasteiger partial charge on any atom is -0.0991 e. The predicted molar refractivity (Wildman–Crippen MR) is 89.1 cm³/mol. The minimum atomic E-state index is 1.06. The average molecular weight is 250 g/mol. The Bertz CT molecular complexity index is 228. The van der Waals surface area contributed by atoms with Crippen LogP contribution in [0, 0.1) is 0 Å². The molecule has 0 amide bonds. The molecule has 0 fully saturated rings. The van der Waals surface area contributed by atoms with Crippen LogP contribution >= 0.6 is 0 Å². The molecule has 0 heteroatoms. The van der Waals surface area contributed by atoms with Crippen molar-refractivity contribution >= 4 is 0 Å². The average Bonchev–Trinajstić information content (AvgIpc) is 2.45. The van der Waals surface area contributed by atoms with Crippen LogP contribution < -0.4 is 0 Å². The molecule has 0 aliphatic rings. The van der Waals surface area contributed by atoms with Gasteiger partial charge in [-0.1, -0.05) is 85.4 Å². The highest BCUT2D eigenvalue weighted by Crippen LogP contribution is 2.20. The smallest absolute Gasteiger partial charge is 0.0276 e. The van der Waals surface area contributed by atoms with E-state index in [4.69, 9.17) is 0 Å². The first-order chi connectivity index (χ1) is 8.79. The first-order valence-electron chi connectivity index (χ1n) is 7.43. The van der Waals surface area contributed by atoms with Crippen LogP contribution in [-0.4, -0.2) is 0 Å². The summed E-state index contributed by atoms with van der Waals surface area (Å²) in [4.78, 5) is 0. The Kier molecular flexibility index (Phi) is 26.2. The molecule has 0 spiro atoms. The quantitative estimate of drug-likeness (QED) is 0.433. The van der Waals surface area contributed by atoms with E-state index < -0.39 is 0 Å². The number of rotatable bonds is 7. The van der Waals surface area contributed by atoms with Gasteiger partial charge in [0.1, 0.15) is 0 Å². The van der Waals surface area contributed by atoms with Gasteiger partial charge in [-0.05, 0) is 30.4 Å². The topological polar surface area (TPSA) is 0 Å². The zero-order valence-corrected chi connectivity index (χ0v) is 13.6. The van der Waals surface area contributed by atoms with Crippen LogP contribution in [0.2, 0.25) is 0 Å². The Morgan fingerprint density at radius 1 is 0.833 bits per heavy atom. The van der Waals surface area contributed by atoms with Crippen LogP contribution in [0.1, 0.15) is 67.2 Å². The van der Waals surface area contributed by atoms with E-state index in [1.807, 2.05) is 39.8 Å². The second kappa shape index (κ2) is 21.3. The standard InChI is InChI=1S/C14H22.2C2H6/c1-5-9-12-14(11-7-3)13(8-4)10-6-2;2*1-2/h6-7,10-11H,2-3,5,8-9,12H2,1,4H3;2*1-2H3/b13-10-,14-11-;;. The number of hydrogen-bond acceptors (Lipinski definition) is 0. The van der Waals surface area contributed by atoms with Crippen LogP contribution in [-0.2, 0) is 0 Å². The second-order valence-corrected chi connectivity index (χ2v) is 3.31. The van der Waals surface area contributed by atoms with E-state index >= 15 is 0 Å². The van der Waals surface area contributed by atoms with Crippen molar-refractivity contribution in [1.82, 2.24) is 0 Å². The maximum absolute atomic E-state index is 3.76. The highest BCUT2D eigenvalue weighted by molar-refractivity contribution is 5.35. The summed E-state index contributed by atoms with van der Waals surface area (Å²) in [7, 11) is 0. The molecule has 0 N–H and O–H groups in total. The molecule has 0 rings (SSSR count). The first kappa shape index (κ1) is 22.2. The lowest BCUT2D eigenvalue weighted by Gasteiger charge is -2.08. The van der Waals surface area contributed by atoms with E-state index in [0.717, 1.165) is 12.8 Å². The maximum atomic E-state index is 3.76. The van der Waals surface area contributed by atoms with Crippen molar-refractivity contribution in [2.24, 2.45) is 0 Å². The Labute approximate surface area is 116 Å². The van der Waals surface area contributed by atoms with Crippen LogP contribution in [0.25, 0.3) is 0 Å². The van der Waals surface area contributed by atoms with E-state index in [2.05, 4.69) is 39.2 Å². The Morgan fingerprint density at radius 3 is 1.61 bits per heavy atom. The molecular formula is C18H34. The fourth-order valence-corrected chi connectivity index (χ4v) is 1.45. The molecule has 0 unspecified atom stereocenters. The van der Waals surface area contributed by atoms with Crippen LogP contribution in [0.5, 0.6) is 0 Å². The molecule has 0 aromatic heterocycles. The SMILES string of the molecule is C=C/C=C(CC)\C(=C/C=C)CCCC.CC.CC. The van der Waals surface area contributed by atoms with Gasteiger partial charge in [-0.15, -0.1) is 0 Å². The van der Waals surface area contributed by atoms with Crippen molar-refractivity contribution in [3.05, 3.63) is 48.6 Å². The van der Waals surface area contributed by atoms with E-state index in [-0.39, 0.29) is 0 Å². The third-order valence-corrected chi connectivity index (χ3v) is 2.23. The highest BCUT2D eigenvalue weighted by atomic mass is 14.1. The molecule has 0 radical (unpaired) electrons. The summed E-state index contributed by atoms with van der Waals surface area (Å²) < 4.78 is 0. The molecule has 0 heterocycles. The summed E-state index contributed by atoms with van der Waals surface area (Å²) in [5, 5.41) is 0. The summed E-state index contributed by atoms with van der Waals surface area (Å²) in [5.41, 5.74) is 2.79. The van der Waals surface area contributed by atoms with Crippen molar-refractivity contribution < 1.29 is 0 Å². The molecule has 0 aromatic rings. The Morgan fingerprint density at radius 2 is 1.28 bits per heavy atom. The Balaban J connectivity index is -0.000000506. The van der Waals surface area contributed by atoms with Gasteiger partial charge >= 0.3 is 0 Å². The predicted octanol–water partition coefficient (Wildman–Crippen LogP) is 6.86. The van der Waals surface area contributed by atoms with Crippen LogP contribution in [0.4, 0.5) is 0 Å². The normalized spacial score (nSPS) is 10.6. The third-order valence-electron chi connectivity index (χ3n) is 2.23. The molecule has 0 saturated heterocycles. The maximum Gasteiger partial charge on any atom is -0.0276 e. The van der Waals surface area contributed by atoms with Crippen molar-refractivity contribution in [2.45, 2.75) is 67.2 Å². The molecule has 18 heavy (non-hydrogen) atoms. The second-order valence-electron chi connectivity index (χ2n) is 3.31. The fraction of sp³-hybridized carbons (Fsp3) is 0.556. The van der Waals surface area contributed by atoms with E-state index in [0.29, 0.717) is 0 Å². The van der Waals surface area contributed by atoms with Gasteiger partial charge in [0.15, 0.2) is 0 Å². The van der Waals surface area contributed by atoms with E-state index in [9.17, 15) is 0 Å². The zero-order chi connectivity index (χ0) is 14.8. The lowest BCUT2D eigenvalue weighted by atomic mass is 9.97. The van der Waals surface area contributed by atoms with Gasteiger partial charge < -0.3 is 0 Å². The Hall–Kier alpha value is -1.04. The minimum absolute atomic E-state index is 1.06. The molecule has 106 valence electrons. The van der Waals surface area contributed by atoms with E-state index in [1.165, 1.54) is 24.0 Å². The van der Waals surface area contributed by atoms with Gasteiger partial charge in [0.25, 0.3) is 0 Å². The largest absolute Gasteiger partial charge is 0.0991 e. The first-order valence-corrected chi connectivity index (χ1v) is 7.43. The van der Waals surface area contributed by atoms with Crippen molar-refractivity contribution in [3.8, 4) is 0 Å². The summed E-state index contributed by atoms with van der Waals surface area (Å²) in [6, 6.07) is 0. The third kappa shape index (κ3) is 13.0. The lowest BCUT2D eigenvalue weighted by molar-refractivity contribution is 0.785. The summed E-state index contributed by atoms with van der Waals surface area (Å²) >= 11 is 0. The summed E-state index contributed by atoms with van der Waals surface area (Å²) in [5.74, 6) is 0. The fourth-order valence-electron chi connectivity index (χ4n) is 1.45. The molecule has 0 aliphatic carbocycles. The summed E-state index contributed by atoms with van der Waals surface area (Å²) in [6.45, 7) is 19.9. The molecule has 0 atom stereocenters. The van der Waals surface area contributed by atoms with Gasteiger partial charge in [-0.25, -0.2) is 0 Å². The molecule has 0 aromatic carbocycles. The van der Waals surface area contributed by atoms with Crippen molar-refractivity contribution in [3.63, 3.8) is 0 Å². The van der Waals surface area contributed by atoms with Gasteiger partial charge in [-0.2, -0.15) is 0 Å². The lowest BCUT2D eigenvalue weighted by Crippen LogP contribution is -1.89. The molecular weight excluding hydrogens is 216 g/mol. The van der Waals surface area contributed by atoms with Gasteiger partial charge in [0, 0.05) is 0 Å². The van der Waals surface area contributed by atoms with Crippen LogP contribution in [0.3, 0.4) is 0 Å². The zero-order valence-electron chi connectivity index (χ0n) is 13.6. The van der Waals surface area contributed by atoms with Gasteiger partial charge in [0.2, 0.25) is 0 Å². The molecule has 0 saturated carbocycles. The summed E-state index contributed by atoms with van der Waals surface area (Å²) in [6.07, 6.45) is 12.7. The molecule has 0 bridgehead atoms. The van der Waals surface area contributed by atoms with Crippen molar-refractivity contribution in [2.75, 3.05) is 0 Å². The molecule has 0 nitrogen and oxygen atoms in total. The number of hydrogen-bond donors (Lipinski definition) is 0. The number of allylic oxidation sites excluding steroid dienone is 6. The molecule has 0 aliphatic heterocycles.